The lowest BCUT2D eigenvalue weighted by molar-refractivity contribution is -0.0502. The van der Waals surface area contributed by atoms with Crippen LogP contribution in [-0.2, 0) is 0 Å². The van der Waals surface area contributed by atoms with E-state index in [9.17, 15) is 14.4 Å². The molecule has 4 aromatic rings. The molecule has 2 saturated heterocycles. The zero-order valence-corrected chi connectivity index (χ0v) is 19.7. The molecule has 2 aromatic heterocycles. The molecular weight excluding hydrogens is 465 g/mol. The Morgan fingerprint density at radius 2 is 2.03 bits per heavy atom. The number of benzene rings is 2. The molecule has 2 aromatic carbocycles. The van der Waals surface area contributed by atoms with Crippen molar-refractivity contribution in [3.05, 3.63) is 65.7 Å². The van der Waals surface area contributed by atoms with Crippen molar-refractivity contribution in [2.24, 2.45) is 11.8 Å². The van der Waals surface area contributed by atoms with E-state index in [1.807, 2.05) is 4.90 Å². The van der Waals surface area contributed by atoms with Crippen LogP contribution in [0.3, 0.4) is 0 Å². The third-order valence-electron chi connectivity index (χ3n) is 7.29. The summed E-state index contributed by atoms with van der Waals surface area (Å²) in [6, 6.07) is 11.8. The number of hydrogen-bond acceptors (Lipinski definition) is 7. The third kappa shape index (κ3) is 3.72. The number of nitriles is 1. The molecule has 8 nitrogen and oxygen atoms in total. The lowest BCUT2D eigenvalue weighted by Gasteiger charge is -2.57. The summed E-state index contributed by atoms with van der Waals surface area (Å²) in [6.45, 7) is 2.73. The summed E-state index contributed by atoms with van der Waals surface area (Å²) >= 11 is 1.40. The number of hydrogen-bond donors (Lipinski definition) is 1. The van der Waals surface area contributed by atoms with Crippen LogP contribution in [0.2, 0.25) is 0 Å². The number of anilines is 1. The van der Waals surface area contributed by atoms with Gasteiger partial charge in [0.2, 0.25) is 0 Å². The Bertz CT molecular complexity index is 1450. The second kappa shape index (κ2) is 8.43. The Balaban J connectivity index is 1.31. The van der Waals surface area contributed by atoms with E-state index in [1.54, 1.807) is 36.7 Å². The molecule has 1 N–H and O–H groups in total. The van der Waals surface area contributed by atoms with Crippen molar-refractivity contribution >= 4 is 32.6 Å². The van der Waals surface area contributed by atoms with Gasteiger partial charge in [-0.15, -0.1) is 0 Å². The monoisotopic (exact) mass is 487 g/mol. The first-order valence-corrected chi connectivity index (χ1v) is 12.4. The Morgan fingerprint density at radius 1 is 1.23 bits per heavy atom. The molecule has 7 rings (SSSR count). The Hall–Kier alpha value is -3.84. The van der Waals surface area contributed by atoms with Crippen LogP contribution < -0.4 is 5.32 Å². The highest BCUT2D eigenvalue weighted by atomic mass is 32.1. The van der Waals surface area contributed by atoms with Crippen molar-refractivity contribution in [3.63, 3.8) is 0 Å². The molecule has 2 bridgehead atoms. The molecule has 176 valence electrons. The van der Waals surface area contributed by atoms with Crippen LogP contribution in [0.25, 0.3) is 15.9 Å². The van der Waals surface area contributed by atoms with Gasteiger partial charge in [0.15, 0.2) is 5.13 Å². The number of rotatable bonds is 5. The van der Waals surface area contributed by atoms with Gasteiger partial charge in [-0.3, -0.25) is 4.79 Å². The first-order valence-electron chi connectivity index (χ1n) is 11.6. The maximum atomic E-state index is 14.0. The van der Waals surface area contributed by atoms with Gasteiger partial charge in [-0.2, -0.15) is 20.3 Å². The molecule has 1 aliphatic carbocycles. The van der Waals surface area contributed by atoms with Gasteiger partial charge < -0.3 is 10.2 Å². The molecule has 10 heteroatoms. The van der Waals surface area contributed by atoms with E-state index >= 15 is 0 Å². The maximum absolute atomic E-state index is 14.0. The number of thiazole rings is 1. The lowest BCUT2D eigenvalue weighted by atomic mass is 9.64. The first-order chi connectivity index (χ1) is 17.0. The number of carbonyl (C=O) groups is 1. The minimum Gasteiger partial charge on any atom is -0.359 e. The normalized spacial score (nSPS) is 23.1. The van der Waals surface area contributed by atoms with Gasteiger partial charge in [-0.25, -0.2) is 9.37 Å². The average Bonchev–Trinajstić information content (AvgIpc) is 3.51. The molecule has 1 amide bonds. The Kier molecular flexibility index (Phi) is 5.22. The fourth-order valence-electron chi connectivity index (χ4n) is 5.32. The van der Waals surface area contributed by atoms with E-state index in [2.05, 4.69) is 33.5 Å². The second-order valence-corrected chi connectivity index (χ2v) is 10.2. The smallest absolute Gasteiger partial charge is 0.256 e. The quantitative estimate of drug-likeness (QED) is 0.452. The summed E-state index contributed by atoms with van der Waals surface area (Å²) in [4.78, 5) is 22.0. The highest BCUT2D eigenvalue weighted by Crippen LogP contribution is 2.47. The van der Waals surface area contributed by atoms with Gasteiger partial charge in [-0.05, 0) is 61.1 Å². The van der Waals surface area contributed by atoms with Gasteiger partial charge >= 0.3 is 0 Å². The van der Waals surface area contributed by atoms with E-state index in [-0.39, 0.29) is 23.8 Å². The molecule has 2 atom stereocenters. The molecule has 0 spiro atoms. The number of carbonyl (C=O) groups excluding carboxylic acids is 1. The maximum Gasteiger partial charge on any atom is 0.256 e. The minimum absolute atomic E-state index is 0.0482. The SMILES string of the molecule is CC1C2CC(C2)N(C(=O)c2cc(C#N)ccc2-n2nccn2)C1CNc1nc2ccc(F)cc2s1. The van der Waals surface area contributed by atoms with Crippen LogP contribution >= 0.6 is 11.3 Å². The van der Waals surface area contributed by atoms with E-state index in [0.717, 1.165) is 23.1 Å². The van der Waals surface area contributed by atoms with Crippen molar-refractivity contribution in [2.75, 3.05) is 11.9 Å². The van der Waals surface area contributed by atoms with E-state index in [1.165, 1.54) is 28.3 Å². The standard InChI is InChI=1S/C25H22FN7OS/c1-14-16-9-18(10-16)32(22(14)13-28-25-31-20-4-3-17(26)11-23(20)35-25)24(34)19-8-15(12-27)2-5-21(19)33-29-6-7-30-33/h2-8,11,14,16,18,22H,9-10,13H2,1H3,(H,28,31). The van der Waals surface area contributed by atoms with Crippen molar-refractivity contribution in [1.29, 1.82) is 5.26 Å². The van der Waals surface area contributed by atoms with Gasteiger partial charge in [0.1, 0.15) is 5.82 Å². The molecule has 2 aliphatic heterocycles. The molecule has 35 heavy (non-hydrogen) atoms. The van der Waals surface area contributed by atoms with Gasteiger partial charge in [-0.1, -0.05) is 18.3 Å². The third-order valence-corrected chi connectivity index (χ3v) is 8.26. The van der Waals surface area contributed by atoms with Crippen LogP contribution in [0, 0.1) is 29.0 Å². The Labute approximate surface area is 205 Å². The number of fused-ring (bicyclic) bond motifs is 3. The van der Waals surface area contributed by atoms with Gasteiger partial charge in [0.05, 0.1) is 51.5 Å². The average molecular weight is 488 g/mol. The lowest BCUT2D eigenvalue weighted by Crippen LogP contribution is -2.64. The molecule has 4 heterocycles. The van der Waals surface area contributed by atoms with Gasteiger partial charge in [0, 0.05) is 12.6 Å². The summed E-state index contributed by atoms with van der Waals surface area (Å²) < 4.78 is 14.4. The number of nitrogens with zero attached hydrogens (tertiary/aromatic N) is 6. The fourth-order valence-corrected chi connectivity index (χ4v) is 6.22. The number of halogens is 1. The zero-order chi connectivity index (χ0) is 24.1. The van der Waals surface area contributed by atoms with Crippen molar-refractivity contribution in [2.45, 2.75) is 31.8 Å². The van der Waals surface area contributed by atoms with Crippen LogP contribution in [0.5, 0.6) is 0 Å². The predicted molar refractivity (Wildman–Crippen MR) is 130 cm³/mol. The van der Waals surface area contributed by atoms with Crippen LogP contribution in [-0.4, -0.2) is 49.4 Å². The molecule has 3 fully saturated rings. The first kappa shape index (κ1) is 21.7. The highest BCUT2D eigenvalue weighted by Gasteiger charge is 2.50. The summed E-state index contributed by atoms with van der Waals surface area (Å²) in [6.07, 6.45) is 5.08. The summed E-state index contributed by atoms with van der Waals surface area (Å²) in [5.41, 5.74) is 2.12. The molecule has 2 unspecified atom stereocenters. The molecular formula is C25H22FN7OS. The number of nitrogens with one attached hydrogen (secondary N) is 1. The molecule has 1 saturated carbocycles. The van der Waals surface area contributed by atoms with Gasteiger partial charge in [0.25, 0.3) is 5.91 Å². The largest absolute Gasteiger partial charge is 0.359 e. The molecule has 3 aliphatic rings. The predicted octanol–water partition coefficient (Wildman–Crippen LogP) is 4.24. The second-order valence-electron chi connectivity index (χ2n) is 9.20. The van der Waals surface area contributed by atoms with Crippen molar-refractivity contribution < 1.29 is 9.18 Å². The fraction of sp³-hybridized carbons (Fsp3) is 0.320. The van der Waals surface area contributed by atoms with Crippen molar-refractivity contribution in [3.8, 4) is 11.8 Å². The van der Waals surface area contributed by atoms with E-state index in [4.69, 9.17) is 0 Å². The van der Waals surface area contributed by atoms with Crippen LogP contribution in [0.15, 0.2) is 48.8 Å². The van der Waals surface area contributed by atoms with E-state index < -0.39 is 0 Å². The number of amides is 1. The topological polar surface area (TPSA) is 99.7 Å². The van der Waals surface area contributed by atoms with Crippen molar-refractivity contribution in [1.82, 2.24) is 24.9 Å². The summed E-state index contributed by atoms with van der Waals surface area (Å²) in [7, 11) is 0. The molecule has 0 radical (unpaired) electrons. The number of aromatic nitrogens is 4. The summed E-state index contributed by atoms with van der Waals surface area (Å²) in [5, 5.41) is 22.0. The number of piperidine rings is 2. The zero-order valence-electron chi connectivity index (χ0n) is 18.9. The van der Waals surface area contributed by atoms with Crippen LogP contribution in [0.1, 0.15) is 35.7 Å². The minimum atomic E-state index is -0.285. The van der Waals surface area contributed by atoms with E-state index in [0.29, 0.717) is 40.3 Å². The van der Waals surface area contributed by atoms with Crippen LogP contribution in [0.4, 0.5) is 9.52 Å². The summed E-state index contributed by atoms with van der Waals surface area (Å²) in [5.74, 6) is 0.474. The Morgan fingerprint density at radius 3 is 2.80 bits per heavy atom. The highest BCUT2D eigenvalue weighted by molar-refractivity contribution is 7.22.